The van der Waals surface area contributed by atoms with Gasteiger partial charge in [-0.15, -0.1) is 0 Å². The van der Waals surface area contributed by atoms with Crippen LogP contribution in [0.2, 0.25) is 0 Å². The van der Waals surface area contributed by atoms with Crippen LogP contribution in [0.15, 0.2) is 35.4 Å². The van der Waals surface area contributed by atoms with Gasteiger partial charge >= 0.3 is 0 Å². The van der Waals surface area contributed by atoms with Crippen LogP contribution in [-0.4, -0.2) is 34.2 Å². The fourth-order valence-electron chi connectivity index (χ4n) is 2.88. The van der Waals surface area contributed by atoms with Gasteiger partial charge in [0.2, 0.25) is 6.41 Å². The third-order valence-electron chi connectivity index (χ3n) is 4.22. The lowest BCUT2D eigenvalue weighted by Crippen LogP contribution is -2.32. The molecule has 2 rings (SSSR count). The van der Waals surface area contributed by atoms with E-state index in [9.17, 15) is 4.79 Å². The van der Waals surface area contributed by atoms with Crippen molar-refractivity contribution in [2.45, 2.75) is 39.5 Å². The van der Waals surface area contributed by atoms with E-state index in [1.165, 1.54) is 0 Å². The van der Waals surface area contributed by atoms with Crippen LogP contribution in [0.25, 0.3) is 5.70 Å². The monoisotopic (exact) mass is 333 g/mol. The number of likely N-dealkylation sites (tertiary alicyclic amines) is 1. The molecule has 0 aromatic carbocycles. The number of allylic oxidation sites excluding steroid dienone is 5. The van der Waals surface area contributed by atoms with Crippen LogP contribution in [0, 0.1) is 6.92 Å². The Morgan fingerprint density at radius 2 is 2.04 bits per heavy atom. The zero-order valence-corrected chi connectivity index (χ0v) is 14.8. The molecule has 1 aliphatic heterocycles. The summed E-state index contributed by atoms with van der Waals surface area (Å²) < 4.78 is 1.95. The molecule has 1 amide bonds. The molecule has 1 aromatic heterocycles. The summed E-state index contributed by atoms with van der Waals surface area (Å²) in [5, 5.41) is 5.34. The number of carbonyl (C=O) groups excluding carboxylic acids is 1. The lowest BCUT2D eigenvalue weighted by Gasteiger charge is -2.29. The van der Waals surface area contributed by atoms with Crippen molar-refractivity contribution in [3.63, 3.8) is 0 Å². The van der Waals surface area contributed by atoms with Gasteiger partial charge in [0.1, 0.15) is 0 Å². The first kappa shape index (κ1) is 17.5. The summed E-state index contributed by atoms with van der Waals surface area (Å²) in [5.74, 6) is 0.385. The van der Waals surface area contributed by atoms with E-state index in [1.807, 2.05) is 36.4 Å². The summed E-state index contributed by atoms with van der Waals surface area (Å²) in [7, 11) is 0. The summed E-state index contributed by atoms with van der Waals surface area (Å²) in [6.45, 7) is 11.2. The van der Waals surface area contributed by atoms with Gasteiger partial charge in [0, 0.05) is 29.7 Å². The van der Waals surface area contributed by atoms with Crippen molar-refractivity contribution in [3.8, 4) is 0 Å². The van der Waals surface area contributed by atoms with E-state index in [4.69, 9.17) is 11.6 Å². The minimum atomic E-state index is 0.385. The highest BCUT2D eigenvalue weighted by Gasteiger charge is 2.24. The first-order valence-corrected chi connectivity index (χ1v) is 8.27. The molecular formula is C18H24ClN3O. The number of aryl methyl sites for hydroxylation is 1. The Balaban J connectivity index is 2.39. The molecule has 1 aromatic rings. The molecule has 0 atom stereocenters. The molecule has 0 radical (unpaired) electrons. The Hall–Kier alpha value is -1.81. The van der Waals surface area contributed by atoms with Crippen molar-refractivity contribution in [2.75, 3.05) is 13.1 Å². The van der Waals surface area contributed by atoms with Crippen LogP contribution in [0.1, 0.15) is 44.0 Å². The number of rotatable bonds is 5. The van der Waals surface area contributed by atoms with E-state index in [-0.39, 0.29) is 0 Å². The van der Waals surface area contributed by atoms with Crippen molar-refractivity contribution in [1.82, 2.24) is 14.7 Å². The first-order valence-electron chi connectivity index (χ1n) is 7.89. The van der Waals surface area contributed by atoms with Crippen LogP contribution in [0.4, 0.5) is 0 Å². The van der Waals surface area contributed by atoms with Crippen LogP contribution < -0.4 is 0 Å². The normalized spacial score (nSPS) is 17.9. The Morgan fingerprint density at radius 3 is 2.57 bits per heavy atom. The quantitative estimate of drug-likeness (QED) is 0.601. The maximum absolute atomic E-state index is 10.9. The molecule has 0 unspecified atom stereocenters. The van der Waals surface area contributed by atoms with Crippen molar-refractivity contribution in [1.29, 1.82) is 0 Å². The average molecular weight is 334 g/mol. The van der Waals surface area contributed by atoms with E-state index in [0.29, 0.717) is 11.0 Å². The van der Waals surface area contributed by atoms with Crippen molar-refractivity contribution in [3.05, 3.63) is 46.8 Å². The summed E-state index contributed by atoms with van der Waals surface area (Å²) in [5.41, 5.74) is 4.05. The van der Waals surface area contributed by atoms with Crippen LogP contribution >= 0.6 is 11.6 Å². The summed E-state index contributed by atoms with van der Waals surface area (Å²) in [6, 6.07) is 2.12. The topological polar surface area (TPSA) is 38.1 Å². The standard InChI is InChI=1S/C18H24ClN3O/c1-5-13(2)10-17(15(4)19)22-18(11-14(3)20-22)16-6-8-21(12-23)9-7-16/h5,10-12,16H,1,6-9H2,2-4H3/b13-10-,17-15-. The second-order valence-corrected chi connectivity index (χ2v) is 6.62. The Kier molecular flexibility index (Phi) is 5.83. The second kappa shape index (κ2) is 7.64. The molecule has 0 aliphatic carbocycles. The molecule has 0 spiro atoms. The van der Waals surface area contributed by atoms with Gasteiger partial charge in [-0.2, -0.15) is 5.10 Å². The van der Waals surface area contributed by atoms with Crippen molar-refractivity contribution < 1.29 is 4.79 Å². The smallest absolute Gasteiger partial charge is 0.209 e. The number of hydrogen-bond acceptors (Lipinski definition) is 2. The van der Waals surface area contributed by atoms with E-state index < -0.39 is 0 Å². The van der Waals surface area contributed by atoms with Crippen LogP contribution in [0.3, 0.4) is 0 Å². The molecular weight excluding hydrogens is 310 g/mol. The van der Waals surface area contributed by atoms with Crippen LogP contribution in [-0.2, 0) is 4.79 Å². The number of halogens is 1. The number of piperidine rings is 1. The molecule has 124 valence electrons. The lowest BCUT2D eigenvalue weighted by atomic mass is 9.93. The number of hydrogen-bond donors (Lipinski definition) is 0. The Labute approximate surface area is 143 Å². The zero-order chi connectivity index (χ0) is 17.0. The molecule has 0 N–H and O–H groups in total. The minimum absolute atomic E-state index is 0.385. The maximum Gasteiger partial charge on any atom is 0.209 e. The van der Waals surface area contributed by atoms with Gasteiger partial charge in [0.15, 0.2) is 0 Å². The molecule has 0 saturated carbocycles. The van der Waals surface area contributed by atoms with Gasteiger partial charge in [-0.1, -0.05) is 24.3 Å². The van der Waals surface area contributed by atoms with E-state index in [2.05, 4.69) is 17.7 Å². The SMILES string of the molecule is C=C/C(C)=C\C(=C(/C)Cl)n1nc(C)cc1C1CCN(C=O)CC1. The highest BCUT2D eigenvalue weighted by Crippen LogP contribution is 2.31. The predicted molar refractivity (Wildman–Crippen MR) is 95.3 cm³/mol. The second-order valence-electron chi connectivity index (χ2n) is 6.05. The Morgan fingerprint density at radius 1 is 1.39 bits per heavy atom. The van der Waals surface area contributed by atoms with Crippen molar-refractivity contribution >= 4 is 23.7 Å². The summed E-state index contributed by atoms with van der Waals surface area (Å²) in [4.78, 5) is 12.7. The number of aromatic nitrogens is 2. The van der Waals surface area contributed by atoms with Gasteiger partial charge in [-0.3, -0.25) is 4.79 Å². The minimum Gasteiger partial charge on any atom is -0.345 e. The van der Waals surface area contributed by atoms with E-state index in [1.54, 1.807) is 6.08 Å². The maximum atomic E-state index is 10.9. The number of carbonyl (C=O) groups is 1. The summed E-state index contributed by atoms with van der Waals surface area (Å²) in [6.07, 6.45) is 6.64. The lowest BCUT2D eigenvalue weighted by molar-refractivity contribution is -0.119. The van der Waals surface area contributed by atoms with Gasteiger partial charge in [0.05, 0.1) is 11.4 Å². The third-order valence-corrected chi connectivity index (χ3v) is 4.42. The van der Waals surface area contributed by atoms with Crippen LogP contribution in [0.5, 0.6) is 0 Å². The fourth-order valence-corrected chi connectivity index (χ4v) is 3.02. The summed E-state index contributed by atoms with van der Waals surface area (Å²) >= 11 is 6.33. The highest BCUT2D eigenvalue weighted by atomic mass is 35.5. The van der Waals surface area contributed by atoms with Crippen molar-refractivity contribution in [2.24, 2.45) is 0 Å². The molecule has 0 bridgehead atoms. The molecule has 1 aliphatic rings. The molecule has 5 heteroatoms. The zero-order valence-electron chi connectivity index (χ0n) is 14.1. The van der Waals surface area contributed by atoms with Gasteiger partial charge in [-0.25, -0.2) is 4.68 Å². The Bertz CT molecular complexity index is 645. The van der Waals surface area contributed by atoms with Gasteiger partial charge in [-0.05, 0) is 51.3 Å². The largest absolute Gasteiger partial charge is 0.345 e. The number of nitrogens with zero attached hydrogens (tertiary/aromatic N) is 3. The van der Waals surface area contributed by atoms with Gasteiger partial charge < -0.3 is 4.90 Å². The molecule has 4 nitrogen and oxygen atoms in total. The molecule has 1 fully saturated rings. The molecule has 2 heterocycles. The van der Waals surface area contributed by atoms with E-state index in [0.717, 1.165) is 55.0 Å². The first-order chi connectivity index (χ1) is 11.0. The molecule has 23 heavy (non-hydrogen) atoms. The van der Waals surface area contributed by atoms with Gasteiger partial charge in [0.25, 0.3) is 0 Å². The number of amides is 1. The fraction of sp³-hybridized carbons (Fsp3) is 0.444. The molecule has 1 saturated heterocycles. The predicted octanol–water partition coefficient (Wildman–Crippen LogP) is 4.09. The highest BCUT2D eigenvalue weighted by molar-refractivity contribution is 6.32. The average Bonchev–Trinajstić information content (AvgIpc) is 2.93. The van der Waals surface area contributed by atoms with E-state index >= 15 is 0 Å². The third kappa shape index (κ3) is 4.14.